The second kappa shape index (κ2) is 9.52. The van der Waals surface area contributed by atoms with Crippen LogP contribution in [0, 0.1) is 6.92 Å². The third-order valence-electron chi connectivity index (χ3n) is 5.95. The number of carbonyl (C=O) groups is 1. The van der Waals surface area contributed by atoms with Gasteiger partial charge in [-0.1, -0.05) is 49.6 Å². The maximum Gasteiger partial charge on any atom is 0.257 e. The van der Waals surface area contributed by atoms with E-state index in [4.69, 9.17) is 0 Å². The molecular weight excluding hydrogens is 442 g/mol. The average Bonchev–Trinajstić information content (AvgIpc) is 3.19. The summed E-state index contributed by atoms with van der Waals surface area (Å²) in [7, 11) is -1.93. The SMILES string of the molecule is Cc1sc(NC(=O)c2ccc(S(=O)(=O)N(C)C3CCCCC3)cc2)nc1-c1ccccc1. The smallest absolute Gasteiger partial charge is 0.257 e. The molecule has 1 fully saturated rings. The van der Waals surface area contributed by atoms with Crippen LogP contribution in [0.1, 0.15) is 47.3 Å². The summed E-state index contributed by atoms with van der Waals surface area (Å²) in [4.78, 5) is 18.5. The standard InChI is InChI=1S/C24H27N3O3S2/c1-17-22(18-9-5-3-6-10-18)25-24(31-17)26-23(28)19-13-15-21(16-14-19)32(29,30)27(2)20-11-7-4-8-12-20/h3,5-6,9-10,13-16,20H,4,7-8,11-12H2,1-2H3,(H,25,26,28). The number of amides is 1. The van der Waals surface area contributed by atoms with E-state index in [9.17, 15) is 13.2 Å². The lowest BCUT2D eigenvalue weighted by molar-refractivity contribution is 0.102. The van der Waals surface area contributed by atoms with Crippen molar-refractivity contribution in [1.29, 1.82) is 0 Å². The Labute approximate surface area is 193 Å². The predicted octanol–water partition coefficient (Wildman–Crippen LogP) is 5.32. The van der Waals surface area contributed by atoms with Crippen LogP contribution < -0.4 is 5.32 Å². The van der Waals surface area contributed by atoms with Crippen molar-refractivity contribution < 1.29 is 13.2 Å². The van der Waals surface area contributed by atoms with Gasteiger partial charge in [0.1, 0.15) is 0 Å². The molecular formula is C24H27N3O3S2. The molecule has 0 spiro atoms. The van der Waals surface area contributed by atoms with Gasteiger partial charge < -0.3 is 0 Å². The maximum atomic E-state index is 13.0. The normalized spacial score (nSPS) is 15.1. The maximum absolute atomic E-state index is 13.0. The number of thiazole rings is 1. The molecule has 1 aromatic heterocycles. The Morgan fingerprint density at radius 3 is 2.34 bits per heavy atom. The van der Waals surface area contributed by atoms with Crippen molar-refractivity contribution in [3.05, 3.63) is 65.0 Å². The van der Waals surface area contributed by atoms with Gasteiger partial charge in [-0.2, -0.15) is 4.31 Å². The third-order valence-corrected chi connectivity index (χ3v) is 8.76. The van der Waals surface area contributed by atoms with Gasteiger partial charge in [0.2, 0.25) is 10.0 Å². The molecule has 1 heterocycles. The molecule has 0 bridgehead atoms. The number of sulfonamides is 1. The summed E-state index contributed by atoms with van der Waals surface area (Å²) in [5.41, 5.74) is 2.23. The molecule has 0 aliphatic heterocycles. The molecule has 8 heteroatoms. The summed E-state index contributed by atoms with van der Waals surface area (Å²) in [6.45, 7) is 1.97. The Hall–Kier alpha value is -2.55. The number of rotatable bonds is 6. The molecule has 168 valence electrons. The van der Waals surface area contributed by atoms with E-state index in [-0.39, 0.29) is 16.8 Å². The third kappa shape index (κ3) is 4.77. The first-order valence-electron chi connectivity index (χ1n) is 10.8. The molecule has 0 atom stereocenters. The van der Waals surface area contributed by atoms with Crippen LogP contribution in [0.2, 0.25) is 0 Å². The summed E-state index contributed by atoms with van der Waals surface area (Å²) < 4.78 is 27.5. The first kappa shape index (κ1) is 22.6. The van der Waals surface area contributed by atoms with E-state index in [2.05, 4.69) is 10.3 Å². The topological polar surface area (TPSA) is 79.4 Å². The largest absolute Gasteiger partial charge is 0.298 e. The van der Waals surface area contributed by atoms with Gasteiger partial charge in [-0.05, 0) is 44.0 Å². The van der Waals surface area contributed by atoms with Crippen molar-refractivity contribution in [2.75, 3.05) is 12.4 Å². The predicted molar refractivity (Wildman–Crippen MR) is 129 cm³/mol. The Balaban J connectivity index is 1.47. The minimum Gasteiger partial charge on any atom is -0.298 e. The van der Waals surface area contributed by atoms with Crippen molar-refractivity contribution in [3.8, 4) is 11.3 Å². The number of anilines is 1. The minimum atomic E-state index is -3.58. The zero-order valence-corrected chi connectivity index (χ0v) is 19.9. The fourth-order valence-corrected chi connectivity index (χ4v) is 6.32. The molecule has 1 amide bonds. The molecule has 0 radical (unpaired) electrons. The first-order valence-corrected chi connectivity index (χ1v) is 13.0. The monoisotopic (exact) mass is 469 g/mol. The molecule has 0 saturated heterocycles. The summed E-state index contributed by atoms with van der Waals surface area (Å²) in [6, 6.07) is 16.0. The number of hydrogen-bond acceptors (Lipinski definition) is 5. The lowest BCUT2D eigenvalue weighted by Gasteiger charge is -2.30. The van der Waals surface area contributed by atoms with Crippen molar-refractivity contribution in [2.45, 2.75) is 50.0 Å². The first-order chi connectivity index (χ1) is 15.4. The number of nitrogens with one attached hydrogen (secondary N) is 1. The molecule has 3 aromatic rings. The lowest BCUT2D eigenvalue weighted by Crippen LogP contribution is -2.38. The van der Waals surface area contributed by atoms with Crippen LogP contribution >= 0.6 is 11.3 Å². The van der Waals surface area contributed by atoms with Crippen LogP contribution in [0.3, 0.4) is 0 Å². The van der Waals surface area contributed by atoms with Gasteiger partial charge in [0.25, 0.3) is 5.91 Å². The van der Waals surface area contributed by atoms with Crippen LogP contribution in [-0.2, 0) is 10.0 Å². The van der Waals surface area contributed by atoms with Gasteiger partial charge in [0, 0.05) is 29.1 Å². The molecule has 6 nitrogen and oxygen atoms in total. The van der Waals surface area contributed by atoms with Gasteiger partial charge in [0.05, 0.1) is 10.6 Å². The molecule has 1 aliphatic rings. The molecule has 1 saturated carbocycles. The number of carbonyl (C=O) groups excluding carboxylic acids is 1. The zero-order valence-electron chi connectivity index (χ0n) is 18.2. The van der Waals surface area contributed by atoms with Gasteiger partial charge in [-0.25, -0.2) is 13.4 Å². The van der Waals surface area contributed by atoms with E-state index >= 15 is 0 Å². The fourth-order valence-electron chi connectivity index (χ4n) is 4.07. The van der Waals surface area contributed by atoms with Gasteiger partial charge in [-0.3, -0.25) is 10.1 Å². The van der Waals surface area contributed by atoms with Crippen molar-refractivity contribution in [1.82, 2.24) is 9.29 Å². The number of aromatic nitrogens is 1. The molecule has 1 N–H and O–H groups in total. The van der Waals surface area contributed by atoms with E-state index in [1.165, 1.54) is 34.2 Å². The van der Waals surface area contributed by atoms with E-state index in [0.717, 1.165) is 41.8 Å². The Bertz CT molecular complexity index is 1180. The molecule has 4 rings (SSSR count). The van der Waals surface area contributed by atoms with Crippen LogP contribution in [0.25, 0.3) is 11.3 Å². The van der Waals surface area contributed by atoms with Crippen molar-refractivity contribution in [3.63, 3.8) is 0 Å². The lowest BCUT2D eigenvalue weighted by atomic mass is 9.96. The number of aryl methyl sites for hydroxylation is 1. The Morgan fingerprint density at radius 2 is 1.69 bits per heavy atom. The second-order valence-electron chi connectivity index (χ2n) is 8.08. The highest BCUT2D eigenvalue weighted by molar-refractivity contribution is 7.89. The highest BCUT2D eigenvalue weighted by Gasteiger charge is 2.29. The Kier molecular flexibility index (Phi) is 6.74. The second-order valence-corrected chi connectivity index (χ2v) is 11.3. The van der Waals surface area contributed by atoms with Crippen LogP contribution in [0.15, 0.2) is 59.5 Å². The number of hydrogen-bond donors (Lipinski definition) is 1. The fraction of sp³-hybridized carbons (Fsp3) is 0.333. The van der Waals surface area contributed by atoms with Crippen LogP contribution in [0.5, 0.6) is 0 Å². The molecule has 1 aliphatic carbocycles. The molecule has 0 unspecified atom stereocenters. The quantitative estimate of drug-likeness (QED) is 0.530. The van der Waals surface area contributed by atoms with E-state index in [1.54, 1.807) is 19.2 Å². The number of nitrogens with zero attached hydrogens (tertiary/aromatic N) is 2. The highest BCUT2D eigenvalue weighted by Crippen LogP contribution is 2.31. The van der Waals surface area contributed by atoms with Gasteiger partial charge >= 0.3 is 0 Å². The molecule has 32 heavy (non-hydrogen) atoms. The van der Waals surface area contributed by atoms with Crippen molar-refractivity contribution >= 4 is 32.4 Å². The zero-order chi connectivity index (χ0) is 22.7. The highest BCUT2D eigenvalue weighted by atomic mass is 32.2. The van der Waals surface area contributed by atoms with Crippen molar-refractivity contribution in [2.24, 2.45) is 0 Å². The van der Waals surface area contributed by atoms with Gasteiger partial charge in [-0.15, -0.1) is 11.3 Å². The summed E-state index contributed by atoms with van der Waals surface area (Å²) >= 11 is 1.41. The summed E-state index contributed by atoms with van der Waals surface area (Å²) in [6.07, 6.45) is 5.08. The van der Waals surface area contributed by atoms with E-state index in [1.807, 2.05) is 37.3 Å². The Morgan fingerprint density at radius 1 is 1.03 bits per heavy atom. The van der Waals surface area contributed by atoms with E-state index < -0.39 is 10.0 Å². The van der Waals surface area contributed by atoms with E-state index in [0.29, 0.717) is 10.7 Å². The molecule has 2 aromatic carbocycles. The average molecular weight is 470 g/mol. The van der Waals surface area contributed by atoms with Crippen LogP contribution in [-0.4, -0.2) is 36.7 Å². The van der Waals surface area contributed by atoms with Gasteiger partial charge in [0.15, 0.2) is 5.13 Å². The number of benzene rings is 2. The summed E-state index contributed by atoms with van der Waals surface area (Å²) in [5.74, 6) is -0.317. The summed E-state index contributed by atoms with van der Waals surface area (Å²) in [5, 5.41) is 3.34. The van der Waals surface area contributed by atoms with Crippen LogP contribution in [0.4, 0.5) is 5.13 Å². The minimum absolute atomic E-state index is 0.0451.